The Morgan fingerprint density at radius 2 is 1.90 bits per heavy atom. The molecule has 3 aliphatic heterocycles. The molecule has 2 fully saturated rings. The van der Waals surface area contributed by atoms with E-state index in [9.17, 15) is 0 Å². The Labute approximate surface area is 171 Å². The molecule has 148 valence electrons. The Balaban J connectivity index is 1.46. The first kappa shape index (κ1) is 17.3. The fourth-order valence-corrected chi connectivity index (χ4v) is 6.23. The lowest BCUT2D eigenvalue weighted by molar-refractivity contribution is -0.0433. The van der Waals surface area contributed by atoms with E-state index in [-0.39, 0.29) is 5.60 Å². The Kier molecular flexibility index (Phi) is 3.85. The van der Waals surface area contributed by atoms with Crippen molar-refractivity contribution in [1.29, 1.82) is 0 Å². The van der Waals surface area contributed by atoms with Crippen LogP contribution in [0.4, 0.5) is 0 Å². The summed E-state index contributed by atoms with van der Waals surface area (Å²) in [5.74, 6) is 0.332. The van der Waals surface area contributed by atoms with Crippen molar-refractivity contribution in [1.82, 2.24) is 9.47 Å². The van der Waals surface area contributed by atoms with Crippen LogP contribution in [0.3, 0.4) is 0 Å². The number of aryl methyl sites for hydroxylation is 1. The Morgan fingerprint density at radius 1 is 1.07 bits per heavy atom. The fraction of sp³-hybridized carbons (Fsp3) is 0.400. The van der Waals surface area contributed by atoms with E-state index in [2.05, 4.69) is 82.3 Å². The summed E-state index contributed by atoms with van der Waals surface area (Å²) >= 11 is 0. The van der Waals surface area contributed by atoms with Crippen molar-refractivity contribution in [3.63, 3.8) is 0 Å². The number of ether oxygens (including phenoxy) is 1. The quantitative estimate of drug-likeness (QED) is 0.665. The largest absolute Gasteiger partial charge is 0.474 e. The van der Waals surface area contributed by atoms with Crippen LogP contribution in [-0.2, 0) is 18.3 Å². The maximum atomic E-state index is 6.36. The molecule has 0 aliphatic carbocycles. The molecule has 4 unspecified atom stereocenters. The van der Waals surface area contributed by atoms with Gasteiger partial charge in [0.25, 0.3) is 0 Å². The highest BCUT2D eigenvalue weighted by Crippen LogP contribution is 2.53. The van der Waals surface area contributed by atoms with Gasteiger partial charge in [-0.1, -0.05) is 48.5 Å². The van der Waals surface area contributed by atoms with E-state index in [0.29, 0.717) is 18.0 Å². The average molecular weight is 386 g/mol. The van der Waals surface area contributed by atoms with Crippen LogP contribution in [0, 0.1) is 0 Å². The minimum atomic E-state index is -0.191. The molecular weight excluding hydrogens is 358 g/mol. The van der Waals surface area contributed by atoms with Crippen LogP contribution in [0.15, 0.2) is 65.8 Å². The number of para-hydroxylation sites is 1. The summed E-state index contributed by atoms with van der Waals surface area (Å²) in [6.45, 7) is 1.81. The molecule has 4 heteroatoms. The molecule has 2 aromatic carbocycles. The third-order valence-electron chi connectivity index (χ3n) is 7.42. The van der Waals surface area contributed by atoms with Gasteiger partial charge >= 0.3 is 0 Å². The normalized spacial score (nSPS) is 31.0. The number of hydrogen-bond donors (Lipinski definition) is 0. The molecule has 0 saturated carbocycles. The number of hydrogen-bond acceptors (Lipinski definition) is 3. The molecule has 0 N–H and O–H groups in total. The number of aliphatic imine (C=N–C) groups is 1. The van der Waals surface area contributed by atoms with E-state index >= 15 is 0 Å². The Bertz CT molecular complexity index is 1060. The molecule has 1 spiro atoms. The third-order valence-corrected chi connectivity index (χ3v) is 7.42. The minimum absolute atomic E-state index is 0.191. The van der Waals surface area contributed by atoms with Crippen molar-refractivity contribution in [3.05, 3.63) is 71.9 Å². The van der Waals surface area contributed by atoms with E-state index in [4.69, 9.17) is 4.74 Å². The minimum Gasteiger partial charge on any atom is -0.474 e. The predicted molar refractivity (Wildman–Crippen MR) is 116 cm³/mol. The van der Waals surface area contributed by atoms with Crippen LogP contribution in [0.1, 0.15) is 36.3 Å². The number of fused-ring (bicyclic) bond motifs is 3. The molecule has 4 nitrogen and oxygen atoms in total. The predicted octanol–water partition coefficient (Wildman–Crippen LogP) is 4.50. The van der Waals surface area contributed by atoms with Gasteiger partial charge in [-0.2, -0.15) is 0 Å². The van der Waals surface area contributed by atoms with Gasteiger partial charge in [0.15, 0.2) is 6.40 Å². The molecule has 0 radical (unpaired) electrons. The molecule has 3 aliphatic rings. The van der Waals surface area contributed by atoms with Crippen LogP contribution < -0.4 is 0 Å². The highest BCUT2D eigenvalue weighted by molar-refractivity contribution is 5.85. The van der Waals surface area contributed by atoms with Crippen LogP contribution in [0.2, 0.25) is 0 Å². The average Bonchev–Trinajstić information content (AvgIpc) is 3.41. The van der Waals surface area contributed by atoms with E-state index in [1.807, 2.05) is 0 Å². The lowest BCUT2D eigenvalue weighted by Crippen LogP contribution is -2.57. The van der Waals surface area contributed by atoms with Crippen molar-refractivity contribution >= 4 is 17.3 Å². The van der Waals surface area contributed by atoms with Gasteiger partial charge in [0, 0.05) is 55.1 Å². The Hall–Kier alpha value is -2.59. The standard InChI is InChI=1S/C25H27N3O/c1-27-15-21(20-9-5-6-10-22(20)27)24-23-12-11-19(13-25(24)16-26-17-29-25)28(23)14-18-7-3-2-4-8-18/h2-10,15,17,19,23-24H,11-14,16H2,1H3. The molecule has 4 atom stereocenters. The summed E-state index contributed by atoms with van der Waals surface area (Å²) in [5, 5.41) is 1.36. The third kappa shape index (κ3) is 2.58. The van der Waals surface area contributed by atoms with Gasteiger partial charge in [-0.15, -0.1) is 0 Å². The first-order valence-corrected chi connectivity index (χ1v) is 10.7. The van der Waals surface area contributed by atoms with E-state index in [0.717, 1.165) is 19.5 Å². The van der Waals surface area contributed by atoms with Crippen LogP contribution in [0.25, 0.3) is 10.9 Å². The SMILES string of the molecule is Cn1cc(C2C3CCC(CC24CN=CO4)N3Cc2ccccc2)c2ccccc21. The number of piperidine rings is 1. The van der Waals surface area contributed by atoms with Crippen molar-refractivity contribution in [3.8, 4) is 0 Å². The zero-order chi connectivity index (χ0) is 19.4. The Morgan fingerprint density at radius 3 is 2.72 bits per heavy atom. The second-order valence-electron chi connectivity index (χ2n) is 8.98. The van der Waals surface area contributed by atoms with Gasteiger partial charge in [0.1, 0.15) is 5.60 Å². The van der Waals surface area contributed by atoms with Gasteiger partial charge in [-0.05, 0) is 30.0 Å². The maximum Gasteiger partial charge on any atom is 0.170 e. The highest BCUT2D eigenvalue weighted by Gasteiger charge is 2.58. The second-order valence-corrected chi connectivity index (χ2v) is 8.98. The van der Waals surface area contributed by atoms with Crippen LogP contribution in [0.5, 0.6) is 0 Å². The number of benzene rings is 2. The van der Waals surface area contributed by atoms with Gasteiger partial charge in [-0.25, -0.2) is 0 Å². The lowest BCUT2D eigenvalue weighted by Gasteiger charge is -2.49. The van der Waals surface area contributed by atoms with E-state index < -0.39 is 0 Å². The maximum absolute atomic E-state index is 6.36. The number of aromatic nitrogens is 1. The molecular formula is C25H27N3O. The molecule has 0 amide bonds. The van der Waals surface area contributed by atoms with Gasteiger partial charge in [-0.3, -0.25) is 9.89 Å². The summed E-state index contributed by atoms with van der Waals surface area (Å²) < 4.78 is 8.63. The summed E-state index contributed by atoms with van der Waals surface area (Å²) in [6, 6.07) is 20.8. The van der Waals surface area contributed by atoms with E-state index in [1.54, 1.807) is 6.40 Å². The summed E-state index contributed by atoms with van der Waals surface area (Å²) in [4.78, 5) is 7.31. The molecule has 29 heavy (non-hydrogen) atoms. The van der Waals surface area contributed by atoms with Crippen molar-refractivity contribution in [2.45, 2.75) is 49.4 Å². The highest BCUT2D eigenvalue weighted by atomic mass is 16.5. The molecule has 1 aromatic heterocycles. The molecule has 6 rings (SSSR count). The van der Waals surface area contributed by atoms with Crippen LogP contribution >= 0.6 is 0 Å². The first-order valence-electron chi connectivity index (χ1n) is 10.7. The first-order chi connectivity index (χ1) is 14.3. The van der Waals surface area contributed by atoms with Gasteiger partial charge in [0.05, 0.1) is 6.54 Å². The van der Waals surface area contributed by atoms with E-state index in [1.165, 1.54) is 34.9 Å². The number of nitrogens with zero attached hydrogens (tertiary/aromatic N) is 3. The zero-order valence-electron chi connectivity index (χ0n) is 16.9. The van der Waals surface area contributed by atoms with Gasteiger partial charge < -0.3 is 9.30 Å². The molecule has 3 aromatic rings. The van der Waals surface area contributed by atoms with Crippen molar-refractivity contribution < 1.29 is 4.74 Å². The summed E-state index contributed by atoms with van der Waals surface area (Å²) in [5.41, 5.74) is 3.94. The zero-order valence-corrected chi connectivity index (χ0v) is 16.9. The topological polar surface area (TPSA) is 29.8 Å². The van der Waals surface area contributed by atoms with Crippen molar-refractivity contribution in [2.24, 2.45) is 12.0 Å². The molecule has 2 saturated heterocycles. The molecule has 4 heterocycles. The molecule has 2 bridgehead atoms. The summed E-state index contributed by atoms with van der Waals surface area (Å²) in [7, 11) is 2.16. The monoisotopic (exact) mass is 385 g/mol. The lowest BCUT2D eigenvalue weighted by atomic mass is 9.72. The fourth-order valence-electron chi connectivity index (χ4n) is 6.23. The smallest absolute Gasteiger partial charge is 0.170 e. The summed E-state index contributed by atoms with van der Waals surface area (Å²) in [6.07, 6.45) is 7.60. The number of rotatable bonds is 3. The van der Waals surface area contributed by atoms with Crippen LogP contribution in [-0.4, -0.2) is 40.1 Å². The van der Waals surface area contributed by atoms with Crippen molar-refractivity contribution in [2.75, 3.05) is 6.54 Å². The van der Waals surface area contributed by atoms with Gasteiger partial charge in [0.2, 0.25) is 0 Å². The second kappa shape index (κ2) is 6.46.